The zero-order chi connectivity index (χ0) is 15.4. The monoisotopic (exact) mass is 300 g/mol. The molecule has 1 N–H and O–H groups in total. The molecule has 3 aliphatic rings. The molecule has 120 valence electrons. The lowest BCUT2D eigenvalue weighted by molar-refractivity contribution is -0.124. The number of hydrogen-bond donors (Lipinski definition) is 1. The molecule has 2 bridgehead atoms. The highest BCUT2D eigenvalue weighted by Crippen LogP contribution is 2.29. The number of benzene rings is 1. The molecule has 0 spiro atoms. The van der Waals surface area contributed by atoms with E-state index in [0.29, 0.717) is 12.0 Å². The van der Waals surface area contributed by atoms with E-state index in [1.54, 1.807) is 0 Å². The molecule has 4 rings (SSSR count). The third-order valence-electron chi connectivity index (χ3n) is 5.35. The van der Waals surface area contributed by atoms with Crippen LogP contribution in [0.5, 0.6) is 0 Å². The van der Waals surface area contributed by atoms with Crippen LogP contribution < -0.4 is 5.32 Å². The molecule has 3 saturated heterocycles. The van der Waals surface area contributed by atoms with Gasteiger partial charge in [-0.15, -0.1) is 0 Å². The van der Waals surface area contributed by atoms with E-state index in [-0.39, 0.29) is 11.8 Å². The van der Waals surface area contributed by atoms with Crippen molar-refractivity contribution in [3.05, 3.63) is 35.9 Å². The lowest BCUT2D eigenvalue weighted by Gasteiger charge is -2.45. The number of carbonyl (C=O) groups excluding carboxylic acids is 1. The van der Waals surface area contributed by atoms with Crippen LogP contribution in [-0.2, 0) is 4.79 Å². The van der Waals surface area contributed by atoms with E-state index in [4.69, 9.17) is 0 Å². The van der Waals surface area contributed by atoms with Crippen molar-refractivity contribution in [1.29, 1.82) is 0 Å². The van der Waals surface area contributed by atoms with Gasteiger partial charge in [0, 0.05) is 12.6 Å². The second kappa shape index (κ2) is 7.28. The molecule has 0 radical (unpaired) electrons. The van der Waals surface area contributed by atoms with Crippen molar-refractivity contribution in [3.8, 4) is 0 Å². The van der Waals surface area contributed by atoms with Crippen LogP contribution in [0.4, 0.5) is 0 Å². The van der Waals surface area contributed by atoms with Crippen LogP contribution in [0, 0.1) is 5.92 Å². The largest absolute Gasteiger partial charge is 0.351 e. The Bertz CT molecular complexity index is 479. The van der Waals surface area contributed by atoms with Gasteiger partial charge in [-0.2, -0.15) is 0 Å². The normalized spacial score (nSPS) is 28.3. The molecule has 2 atom stereocenters. The van der Waals surface area contributed by atoms with E-state index in [2.05, 4.69) is 29.3 Å². The molecule has 0 aromatic heterocycles. The first-order chi connectivity index (χ1) is 10.8. The van der Waals surface area contributed by atoms with E-state index < -0.39 is 0 Å². The average Bonchev–Trinajstić information content (AvgIpc) is 2.57. The second-order valence-corrected chi connectivity index (χ2v) is 6.86. The van der Waals surface area contributed by atoms with Gasteiger partial charge >= 0.3 is 0 Å². The minimum atomic E-state index is 0.0107. The van der Waals surface area contributed by atoms with Gasteiger partial charge in [-0.05, 0) is 43.8 Å². The topological polar surface area (TPSA) is 32.3 Å². The van der Waals surface area contributed by atoms with Gasteiger partial charge in [0.2, 0.25) is 5.91 Å². The highest BCUT2D eigenvalue weighted by Gasteiger charge is 2.35. The number of hydrogen-bond acceptors (Lipinski definition) is 2. The van der Waals surface area contributed by atoms with Gasteiger partial charge in [0.1, 0.15) is 0 Å². The molecule has 3 heterocycles. The first-order valence-corrected chi connectivity index (χ1v) is 8.85. The van der Waals surface area contributed by atoms with Crippen LogP contribution in [0.1, 0.15) is 50.5 Å². The van der Waals surface area contributed by atoms with Crippen LogP contribution >= 0.6 is 0 Å². The zero-order valence-electron chi connectivity index (χ0n) is 13.6. The maximum Gasteiger partial charge on any atom is 0.227 e. The summed E-state index contributed by atoms with van der Waals surface area (Å²) in [6, 6.07) is 10.6. The van der Waals surface area contributed by atoms with Crippen LogP contribution in [0.3, 0.4) is 0 Å². The number of unbranched alkanes of at least 4 members (excludes halogenated alkanes) is 1. The summed E-state index contributed by atoms with van der Waals surface area (Å²) in [4.78, 5) is 15.4. The molecular formula is C19H28N2O. The van der Waals surface area contributed by atoms with Crippen LogP contribution in [-0.4, -0.2) is 36.5 Å². The van der Waals surface area contributed by atoms with E-state index >= 15 is 0 Å². The van der Waals surface area contributed by atoms with Crippen molar-refractivity contribution in [2.45, 2.75) is 51.0 Å². The molecule has 2 unspecified atom stereocenters. The van der Waals surface area contributed by atoms with Crippen LogP contribution in [0.25, 0.3) is 0 Å². The van der Waals surface area contributed by atoms with E-state index in [0.717, 1.165) is 31.4 Å². The smallest absolute Gasteiger partial charge is 0.227 e. The second-order valence-electron chi connectivity index (χ2n) is 6.86. The summed E-state index contributed by atoms with van der Waals surface area (Å²) >= 11 is 0. The number of amides is 1. The molecule has 3 aliphatic heterocycles. The standard InChI is InChI=1S/C19H28N2O/c1-2-3-9-17(15-7-5-4-6-8-15)19(22)20-18-14-21-12-10-16(18)11-13-21/h4-8,16-18H,2-3,9-14H2,1H3,(H,20,22). The Morgan fingerprint density at radius 3 is 2.59 bits per heavy atom. The Morgan fingerprint density at radius 1 is 1.27 bits per heavy atom. The van der Waals surface area contributed by atoms with E-state index in [9.17, 15) is 4.79 Å². The molecule has 3 heteroatoms. The third kappa shape index (κ3) is 3.52. The number of fused-ring (bicyclic) bond motifs is 3. The van der Waals surface area contributed by atoms with Gasteiger partial charge in [0.15, 0.2) is 0 Å². The maximum absolute atomic E-state index is 12.9. The summed E-state index contributed by atoms with van der Waals surface area (Å²) in [7, 11) is 0. The van der Waals surface area contributed by atoms with Crippen molar-refractivity contribution in [3.63, 3.8) is 0 Å². The highest BCUT2D eigenvalue weighted by molar-refractivity contribution is 5.84. The maximum atomic E-state index is 12.9. The van der Waals surface area contributed by atoms with E-state index in [1.807, 2.05) is 18.2 Å². The minimum Gasteiger partial charge on any atom is -0.351 e. The van der Waals surface area contributed by atoms with Crippen molar-refractivity contribution in [2.24, 2.45) is 5.92 Å². The summed E-state index contributed by atoms with van der Waals surface area (Å²) in [6.45, 7) is 5.67. The fourth-order valence-electron chi connectivity index (χ4n) is 3.95. The Balaban J connectivity index is 1.66. The summed E-state index contributed by atoms with van der Waals surface area (Å²) in [5.74, 6) is 0.937. The minimum absolute atomic E-state index is 0.0107. The van der Waals surface area contributed by atoms with Gasteiger partial charge in [-0.25, -0.2) is 0 Å². The fraction of sp³-hybridized carbons (Fsp3) is 0.632. The van der Waals surface area contributed by atoms with Gasteiger partial charge in [0.25, 0.3) is 0 Å². The zero-order valence-corrected chi connectivity index (χ0v) is 13.6. The Kier molecular flexibility index (Phi) is 5.14. The average molecular weight is 300 g/mol. The number of carbonyl (C=O) groups is 1. The fourth-order valence-corrected chi connectivity index (χ4v) is 3.95. The molecule has 3 fully saturated rings. The van der Waals surface area contributed by atoms with Gasteiger partial charge in [-0.1, -0.05) is 50.1 Å². The molecule has 1 aromatic carbocycles. The first-order valence-electron chi connectivity index (χ1n) is 8.85. The highest BCUT2D eigenvalue weighted by atomic mass is 16.2. The van der Waals surface area contributed by atoms with Crippen molar-refractivity contribution < 1.29 is 4.79 Å². The summed E-state index contributed by atoms with van der Waals surface area (Å²) in [6.07, 6.45) is 5.68. The van der Waals surface area contributed by atoms with E-state index in [1.165, 1.54) is 25.9 Å². The molecule has 1 aromatic rings. The number of rotatable bonds is 6. The van der Waals surface area contributed by atoms with Crippen LogP contribution in [0.15, 0.2) is 30.3 Å². The van der Waals surface area contributed by atoms with Gasteiger partial charge < -0.3 is 10.2 Å². The predicted octanol–water partition coefficient (Wildman–Crippen LogP) is 3.17. The molecule has 3 nitrogen and oxygen atoms in total. The Morgan fingerprint density at radius 2 is 2.00 bits per heavy atom. The molecule has 22 heavy (non-hydrogen) atoms. The summed E-state index contributed by atoms with van der Waals surface area (Å²) < 4.78 is 0. The lowest BCUT2D eigenvalue weighted by Crippen LogP contribution is -2.57. The molecule has 0 saturated carbocycles. The Labute approximate surface area is 134 Å². The Hall–Kier alpha value is -1.35. The third-order valence-corrected chi connectivity index (χ3v) is 5.35. The SMILES string of the molecule is CCCCC(C(=O)NC1CN2CCC1CC2)c1ccccc1. The van der Waals surface area contributed by atoms with Crippen LogP contribution in [0.2, 0.25) is 0 Å². The molecule has 1 amide bonds. The lowest BCUT2D eigenvalue weighted by atomic mass is 9.83. The number of piperidine rings is 3. The van der Waals surface area contributed by atoms with Gasteiger partial charge in [0.05, 0.1) is 5.92 Å². The van der Waals surface area contributed by atoms with Crippen molar-refractivity contribution >= 4 is 5.91 Å². The summed E-state index contributed by atoms with van der Waals surface area (Å²) in [5.41, 5.74) is 1.16. The molecule has 0 aliphatic carbocycles. The van der Waals surface area contributed by atoms with Crippen molar-refractivity contribution in [1.82, 2.24) is 10.2 Å². The number of nitrogens with zero attached hydrogens (tertiary/aromatic N) is 1. The first kappa shape index (κ1) is 15.5. The van der Waals surface area contributed by atoms with Crippen molar-refractivity contribution in [2.75, 3.05) is 19.6 Å². The molecular weight excluding hydrogens is 272 g/mol. The predicted molar refractivity (Wildman–Crippen MR) is 89.8 cm³/mol. The quantitative estimate of drug-likeness (QED) is 0.875. The van der Waals surface area contributed by atoms with Gasteiger partial charge in [-0.3, -0.25) is 4.79 Å². The number of nitrogens with one attached hydrogen (secondary N) is 1. The summed E-state index contributed by atoms with van der Waals surface area (Å²) in [5, 5.41) is 3.38.